The SMILES string of the molecule is COC(=O)c1ccc(C2/C(=C(\O)c3c(C)n[nH]c3C)C(=O)C(=O)N2Cc2cccnc2)cc1. The molecule has 9 heteroatoms. The maximum absolute atomic E-state index is 13.1. The Morgan fingerprint density at radius 3 is 2.48 bits per heavy atom. The molecule has 0 bridgehead atoms. The van der Waals surface area contributed by atoms with E-state index in [1.165, 1.54) is 12.0 Å². The minimum atomic E-state index is -0.870. The van der Waals surface area contributed by atoms with Crippen LogP contribution in [0.5, 0.6) is 0 Å². The molecular weight excluding hydrogens is 424 g/mol. The number of aromatic nitrogens is 3. The lowest BCUT2D eigenvalue weighted by Crippen LogP contribution is -2.29. The van der Waals surface area contributed by atoms with Gasteiger partial charge < -0.3 is 14.7 Å². The number of nitrogens with zero attached hydrogens (tertiary/aromatic N) is 3. The number of likely N-dealkylation sites (tertiary alicyclic amines) is 1. The van der Waals surface area contributed by atoms with Crippen molar-refractivity contribution in [1.82, 2.24) is 20.1 Å². The number of ether oxygens (including phenoxy) is 1. The van der Waals surface area contributed by atoms with Crippen LogP contribution in [0.4, 0.5) is 0 Å². The molecule has 1 aliphatic heterocycles. The van der Waals surface area contributed by atoms with Gasteiger partial charge in [-0.15, -0.1) is 0 Å². The summed E-state index contributed by atoms with van der Waals surface area (Å²) in [6.07, 6.45) is 3.23. The van der Waals surface area contributed by atoms with Gasteiger partial charge in [0.05, 0.1) is 35.5 Å². The number of carbonyl (C=O) groups is 3. The Kier molecular flexibility index (Phi) is 5.78. The molecule has 3 aromatic rings. The summed E-state index contributed by atoms with van der Waals surface area (Å²) < 4.78 is 4.75. The smallest absolute Gasteiger partial charge is 0.337 e. The van der Waals surface area contributed by atoms with Crippen molar-refractivity contribution in [3.63, 3.8) is 0 Å². The van der Waals surface area contributed by atoms with Crippen molar-refractivity contribution in [3.05, 3.63) is 88.0 Å². The predicted octanol–water partition coefficient (Wildman–Crippen LogP) is 2.83. The number of Topliss-reactive ketones (excluding diaryl/α,β-unsaturated/α-hetero) is 1. The van der Waals surface area contributed by atoms with Gasteiger partial charge in [-0.25, -0.2) is 4.79 Å². The largest absolute Gasteiger partial charge is 0.507 e. The molecule has 0 aliphatic carbocycles. The zero-order chi connectivity index (χ0) is 23.7. The number of aliphatic hydroxyl groups is 1. The Bertz CT molecular complexity index is 1240. The number of aliphatic hydroxyl groups excluding tert-OH is 1. The lowest BCUT2D eigenvalue weighted by molar-refractivity contribution is -0.140. The summed E-state index contributed by atoms with van der Waals surface area (Å²) in [4.78, 5) is 43.5. The Morgan fingerprint density at radius 1 is 1.18 bits per heavy atom. The number of nitrogens with one attached hydrogen (secondary N) is 1. The van der Waals surface area contributed by atoms with E-state index in [0.717, 1.165) is 5.56 Å². The first-order valence-electron chi connectivity index (χ1n) is 10.2. The van der Waals surface area contributed by atoms with Gasteiger partial charge in [-0.3, -0.25) is 19.7 Å². The second-order valence-corrected chi connectivity index (χ2v) is 7.71. The Balaban J connectivity index is 1.87. The number of methoxy groups -OCH3 is 1. The molecule has 1 atom stereocenters. The molecule has 1 amide bonds. The van der Waals surface area contributed by atoms with Crippen LogP contribution in [0.25, 0.3) is 5.76 Å². The number of H-pyrrole nitrogens is 1. The molecule has 1 aliphatic rings. The first-order valence-corrected chi connectivity index (χ1v) is 10.2. The first-order chi connectivity index (χ1) is 15.8. The highest BCUT2D eigenvalue weighted by Gasteiger charge is 2.46. The van der Waals surface area contributed by atoms with E-state index in [2.05, 4.69) is 15.2 Å². The average Bonchev–Trinajstić information content (AvgIpc) is 3.29. The van der Waals surface area contributed by atoms with Gasteiger partial charge in [0.2, 0.25) is 0 Å². The molecule has 0 radical (unpaired) electrons. The molecule has 0 saturated carbocycles. The van der Waals surface area contributed by atoms with E-state index in [1.807, 2.05) is 0 Å². The van der Waals surface area contributed by atoms with E-state index in [-0.39, 0.29) is 17.9 Å². The fraction of sp³-hybridized carbons (Fsp3) is 0.208. The first kappa shape index (κ1) is 21.9. The van der Waals surface area contributed by atoms with Gasteiger partial charge in [0.25, 0.3) is 11.7 Å². The molecule has 2 N–H and O–H groups in total. The molecule has 1 saturated heterocycles. The lowest BCUT2D eigenvalue weighted by Gasteiger charge is -2.25. The van der Waals surface area contributed by atoms with Crippen molar-refractivity contribution in [2.75, 3.05) is 7.11 Å². The Morgan fingerprint density at radius 2 is 1.91 bits per heavy atom. The molecule has 33 heavy (non-hydrogen) atoms. The number of ketones is 1. The van der Waals surface area contributed by atoms with Crippen LogP contribution >= 0.6 is 0 Å². The molecule has 1 unspecified atom stereocenters. The number of hydrogen-bond donors (Lipinski definition) is 2. The summed E-state index contributed by atoms with van der Waals surface area (Å²) >= 11 is 0. The number of rotatable bonds is 5. The number of amides is 1. The molecule has 0 spiro atoms. The minimum Gasteiger partial charge on any atom is -0.507 e. The highest BCUT2D eigenvalue weighted by Crippen LogP contribution is 2.41. The van der Waals surface area contributed by atoms with Crippen LogP contribution in [0.1, 0.15) is 44.5 Å². The number of esters is 1. The third-order valence-corrected chi connectivity index (χ3v) is 5.63. The van der Waals surface area contributed by atoms with E-state index in [9.17, 15) is 19.5 Å². The van der Waals surface area contributed by atoms with Crippen LogP contribution in [0.3, 0.4) is 0 Å². The topological polar surface area (TPSA) is 125 Å². The van der Waals surface area contributed by atoms with Gasteiger partial charge in [0.1, 0.15) is 5.76 Å². The quantitative estimate of drug-likeness (QED) is 0.267. The van der Waals surface area contributed by atoms with Crippen LogP contribution in [0, 0.1) is 13.8 Å². The van der Waals surface area contributed by atoms with Gasteiger partial charge in [-0.1, -0.05) is 18.2 Å². The van der Waals surface area contributed by atoms with Gasteiger partial charge >= 0.3 is 5.97 Å². The van der Waals surface area contributed by atoms with Crippen LogP contribution in [0.2, 0.25) is 0 Å². The van der Waals surface area contributed by atoms with Crippen molar-refractivity contribution >= 4 is 23.4 Å². The lowest BCUT2D eigenvalue weighted by atomic mass is 9.94. The fourth-order valence-corrected chi connectivity index (χ4v) is 4.03. The zero-order valence-corrected chi connectivity index (χ0v) is 18.3. The highest BCUT2D eigenvalue weighted by molar-refractivity contribution is 6.46. The maximum atomic E-state index is 13.1. The predicted molar refractivity (Wildman–Crippen MR) is 118 cm³/mol. The van der Waals surface area contributed by atoms with Crippen molar-refractivity contribution in [2.24, 2.45) is 0 Å². The normalized spacial score (nSPS) is 17.4. The second kappa shape index (κ2) is 8.70. The number of aryl methyl sites for hydroxylation is 2. The average molecular weight is 446 g/mol. The number of hydrogen-bond acceptors (Lipinski definition) is 7. The molecule has 3 heterocycles. The highest BCUT2D eigenvalue weighted by atomic mass is 16.5. The van der Waals surface area contributed by atoms with Crippen molar-refractivity contribution in [1.29, 1.82) is 0 Å². The molecule has 4 rings (SSSR count). The molecule has 1 aromatic carbocycles. The number of carbonyl (C=O) groups excluding carboxylic acids is 3. The van der Waals surface area contributed by atoms with E-state index < -0.39 is 23.7 Å². The second-order valence-electron chi connectivity index (χ2n) is 7.71. The number of pyridine rings is 1. The third kappa shape index (κ3) is 3.89. The van der Waals surface area contributed by atoms with Crippen molar-refractivity contribution in [3.8, 4) is 0 Å². The summed E-state index contributed by atoms with van der Waals surface area (Å²) in [6.45, 7) is 3.54. The van der Waals surface area contributed by atoms with Crippen LogP contribution < -0.4 is 0 Å². The van der Waals surface area contributed by atoms with Crippen LogP contribution in [-0.2, 0) is 20.9 Å². The molecule has 9 nitrogen and oxygen atoms in total. The van der Waals surface area contributed by atoms with E-state index in [4.69, 9.17) is 4.74 Å². The van der Waals surface area contributed by atoms with Crippen LogP contribution in [0.15, 0.2) is 54.4 Å². The van der Waals surface area contributed by atoms with Gasteiger partial charge in [-0.05, 0) is 43.2 Å². The minimum absolute atomic E-state index is 0.0395. The van der Waals surface area contributed by atoms with E-state index in [0.29, 0.717) is 28.1 Å². The summed E-state index contributed by atoms with van der Waals surface area (Å²) in [7, 11) is 1.29. The van der Waals surface area contributed by atoms with Crippen molar-refractivity contribution < 1.29 is 24.2 Å². The maximum Gasteiger partial charge on any atom is 0.337 e. The Labute approximate surface area is 189 Å². The number of benzene rings is 1. The van der Waals surface area contributed by atoms with Crippen molar-refractivity contribution in [2.45, 2.75) is 26.4 Å². The van der Waals surface area contributed by atoms with Gasteiger partial charge in [0.15, 0.2) is 0 Å². The molecular formula is C24H22N4O5. The standard InChI is InChI=1S/C24H22N4O5/c1-13-18(14(2)27-26-13)21(29)19-20(16-6-8-17(9-7-16)24(32)33-3)28(23(31)22(19)30)12-15-5-4-10-25-11-15/h4-11,20,29H,12H2,1-3H3,(H,26,27)/b21-19+. The molecule has 2 aromatic heterocycles. The van der Waals surface area contributed by atoms with E-state index in [1.54, 1.807) is 62.6 Å². The molecule has 1 fully saturated rings. The fourth-order valence-electron chi connectivity index (χ4n) is 4.03. The third-order valence-electron chi connectivity index (χ3n) is 5.63. The monoisotopic (exact) mass is 446 g/mol. The summed E-state index contributed by atoms with van der Waals surface area (Å²) in [6, 6.07) is 9.06. The van der Waals surface area contributed by atoms with Gasteiger partial charge in [-0.2, -0.15) is 5.10 Å². The van der Waals surface area contributed by atoms with Crippen LogP contribution in [-0.4, -0.2) is 50.0 Å². The summed E-state index contributed by atoms with van der Waals surface area (Å²) in [5, 5.41) is 18.1. The van der Waals surface area contributed by atoms with E-state index >= 15 is 0 Å². The summed E-state index contributed by atoms with van der Waals surface area (Å²) in [5.41, 5.74) is 3.03. The zero-order valence-electron chi connectivity index (χ0n) is 18.3. The van der Waals surface area contributed by atoms with Gasteiger partial charge in [0, 0.05) is 24.6 Å². The molecule has 168 valence electrons. The Hall–Kier alpha value is -4.27. The summed E-state index contributed by atoms with van der Waals surface area (Å²) in [5.74, 6) is -2.33. The number of aromatic amines is 1.